The van der Waals surface area contributed by atoms with E-state index in [4.69, 9.17) is 9.84 Å². The molecule has 0 saturated heterocycles. The Kier molecular flexibility index (Phi) is 4.84. The fourth-order valence-electron chi connectivity index (χ4n) is 2.79. The molecule has 128 valence electrons. The molecule has 2 aromatic carbocycles. The van der Waals surface area contributed by atoms with Crippen molar-refractivity contribution in [3.8, 4) is 22.7 Å². The van der Waals surface area contributed by atoms with Gasteiger partial charge in [-0.05, 0) is 72.6 Å². The lowest BCUT2D eigenvalue weighted by Crippen LogP contribution is -2.05. The van der Waals surface area contributed by atoms with Gasteiger partial charge in [0.2, 0.25) is 0 Å². The molecule has 0 atom stereocenters. The van der Waals surface area contributed by atoms with E-state index in [-0.39, 0.29) is 12.2 Å². The average Bonchev–Trinajstić information content (AvgIpc) is 3.04. The Morgan fingerprint density at radius 3 is 2.32 bits per heavy atom. The number of aliphatic carboxylic acids is 1. The average molecular weight is 339 g/mol. The molecule has 4 nitrogen and oxygen atoms in total. The van der Waals surface area contributed by atoms with Gasteiger partial charge in [-0.15, -0.1) is 0 Å². The zero-order valence-corrected chi connectivity index (χ0v) is 13.8. The van der Waals surface area contributed by atoms with Crippen LogP contribution in [0.2, 0.25) is 0 Å². The minimum absolute atomic E-state index is 0.0447. The molecule has 0 amide bonds. The molecule has 1 heterocycles. The molecular formula is C20H18FNO3. The molecule has 3 aromatic rings. The Morgan fingerprint density at radius 1 is 1.04 bits per heavy atom. The van der Waals surface area contributed by atoms with E-state index in [0.717, 1.165) is 28.4 Å². The van der Waals surface area contributed by atoms with Crippen LogP contribution in [-0.2, 0) is 11.2 Å². The third kappa shape index (κ3) is 3.71. The van der Waals surface area contributed by atoms with Gasteiger partial charge in [-0.2, -0.15) is 0 Å². The first kappa shape index (κ1) is 16.8. The monoisotopic (exact) mass is 339 g/mol. The molecule has 0 saturated carbocycles. The van der Waals surface area contributed by atoms with Gasteiger partial charge in [0.25, 0.3) is 0 Å². The minimum Gasteiger partial charge on any atom is -0.497 e. The number of aromatic nitrogens is 1. The van der Waals surface area contributed by atoms with E-state index in [0.29, 0.717) is 6.42 Å². The largest absolute Gasteiger partial charge is 0.497 e. The summed E-state index contributed by atoms with van der Waals surface area (Å²) in [7, 11) is 1.60. The maximum absolute atomic E-state index is 13.2. The number of carbonyl (C=O) groups is 1. The van der Waals surface area contributed by atoms with E-state index in [1.165, 1.54) is 12.1 Å². The van der Waals surface area contributed by atoms with E-state index in [1.807, 2.05) is 41.0 Å². The highest BCUT2D eigenvalue weighted by Gasteiger charge is 2.13. The number of hydrogen-bond donors (Lipinski definition) is 1. The first-order chi connectivity index (χ1) is 12.1. The lowest BCUT2D eigenvalue weighted by atomic mass is 10.1. The van der Waals surface area contributed by atoms with Crippen LogP contribution in [0.25, 0.3) is 16.9 Å². The summed E-state index contributed by atoms with van der Waals surface area (Å²) < 4.78 is 20.4. The molecule has 0 bridgehead atoms. The Morgan fingerprint density at radius 2 is 1.72 bits per heavy atom. The maximum atomic E-state index is 13.2. The number of ether oxygens (including phenoxy) is 1. The van der Waals surface area contributed by atoms with E-state index < -0.39 is 5.97 Å². The van der Waals surface area contributed by atoms with Gasteiger partial charge in [0.05, 0.1) is 19.2 Å². The van der Waals surface area contributed by atoms with Crippen molar-refractivity contribution in [3.63, 3.8) is 0 Å². The number of rotatable bonds is 6. The van der Waals surface area contributed by atoms with Crippen LogP contribution < -0.4 is 4.74 Å². The predicted molar refractivity (Wildman–Crippen MR) is 93.7 cm³/mol. The number of aryl methyl sites for hydroxylation is 1. The van der Waals surface area contributed by atoms with Gasteiger partial charge in [-0.25, -0.2) is 4.39 Å². The van der Waals surface area contributed by atoms with E-state index >= 15 is 0 Å². The smallest absolute Gasteiger partial charge is 0.303 e. The number of halogens is 1. The van der Waals surface area contributed by atoms with Crippen molar-refractivity contribution < 1.29 is 19.0 Å². The van der Waals surface area contributed by atoms with Gasteiger partial charge >= 0.3 is 5.97 Å². The van der Waals surface area contributed by atoms with Crippen molar-refractivity contribution in [1.29, 1.82) is 0 Å². The maximum Gasteiger partial charge on any atom is 0.303 e. The second-order valence-corrected chi connectivity index (χ2v) is 5.64. The highest BCUT2D eigenvalue weighted by atomic mass is 19.1. The van der Waals surface area contributed by atoms with Crippen LogP contribution in [0.4, 0.5) is 4.39 Å². The van der Waals surface area contributed by atoms with Gasteiger partial charge < -0.3 is 14.4 Å². The summed E-state index contributed by atoms with van der Waals surface area (Å²) in [5.41, 5.74) is 3.52. The zero-order chi connectivity index (χ0) is 17.8. The lowest BCUT2D eigenvalue weighted by molar-refractivity contribution is -0.136. The number of methoxy groups -OCH3 is 1. The van der Waals surface area contributed by atoms with Gasteiger partial charge in [-0.1, -0.05) is 0 Å². The minimum atomic E-state index is -0.842. The number of benzene rings is 2. The molecule has 5 heteroatoms. The van der Waals surface area contributed by atoms with Gasteiger partial charge in [0, 0.05) is 11.4 Å². The van der Waals surface area contributed by atoms with Crippen molar-refractivity contribution in [3.05, 3.63) is 72.2 Å². The van der Waals surface area contributed by atoms with E-state index in [2.05, 4.69) is 0 Å². The Labute approximate surface area is 145 Å². The molecule has 25 heavy (non-hydrogen) atoms. The lowest BCUT2D eigenvalue weighted by Gasteiger charge is -2.14. The molecule has 0 aliphatic heterocycles. The number of carboxylic acid groups (broad SMARTS) is 1. The van der Waals surface area contributed by atoms with Crippen LogP contribution in [0.1, 0.15) is 12.1 Å². The summed E-state index contributed by atoms with van der Waals surface area (Å²) in [4.78, 5) is 11.0. The third-order valence-corrected chi connectivity index (χ3v) is 4.03. The second-order valence-electron chi connectivity index (χ2n) is 5.64. The first-order valence-corrected chi connectivity index (χ1v) is 7.91. The summed E-state index contributed by atoms with van der Waals surface area (Å²) in [5.74, 6) is -0.394. The molecule has 0 fully saturated rings. The van der Waals surface area contributed by atoms with Crippen molar-refractivity contribution in [2.75, 3.05) is 7.11 Å². The van der Waals surface area contributed by atoms with Crippen LogP contribution in [0, 0.1) is 5.82 Å². The second kappa shape index (κ2) is 7.21. The topological polar surface area (TPSA) is 51.5 Å². The van der Waals surface area contributed by atoms with Gasteiger partial charge in [0.15, 0.2) is 0 Å². The number of nitrogens with zero attached hydrogens (tertiary/aromatic N) is 1. The Balaban J connectivity index is 2.08. The van der Waals surface area contributed by atoms with Crippen molar-refractivity contribution >= 4 is 5.97 Å². The molecule has 0 aliphatic rings. The summed E-state index contributed by atoms with van der Waals surface area (Å²) in [6.07, 6.45) is 0.450. The molecule has 0 radical (unpaired) electrons. The Hall–Kier alpha value is -3.08. The Bertz CT molecular complexity index is 867. The molecule has 1 aromatic heterocycles. The standard InChI is InChI=1S/C20H18FNO3/c1-25-18-10-6-16(7-11-18)22-17(9-13-20(23)24)8-12-19(22)14-2-4-15(21)5-3-14/h2-8,10-12H,9,13H2,1H3,(H,23,24). The molecule has 0 aliphatic carbocycles. The normalized spacial score (nSPS) is 10.6. The van der Waals surface area contributed by atoms with E-state index in [1.54, 1.807) is 19.2 Å². The van der Waals surface area contributed by atoms with Crippen LogP contribution >= 0.6 is 0 Å². The van der Waals surface area contributed by atoms with Crippen LogP contribution in [0.3, 0.4) is 0 Å². The zero-order valence-electron chi connectivity index (χ0n) is 13.8. The van der Waals surface area contributed by atoms with Crippen molar-refractivity contribution in [2.45, 2.75) is 12.8 Å². The molecule has 3 rings (SSSR count). The summed E-state index contributed by atoms with van der Waals surface area (Å²) in [6.45, 7) is 0. The SMILES string of the molecule is COc1ccc(-n2c(CCC(=O)O)ccc2-c2ccc(F)cc2)cc1. The predicted octanol–water partition coefficient (Wildman–Crippen LogP) is 4.31. The van der Waals surface area contributed by atoms with Crippen LogP contribution in [0.15, 0.2) is 60.7 Å². The quantitative estimate of drug-likeness (QED) is 0.728. The number of carboxylic acids is 1. The van der Waals surface area contributed by atoms with Crippen LogP contribution in [0.5, 0.6) is 5.75 Å². The van der Waals surface area contributed by atoms with Gasteiger partial charge in [-0.3, -0.25) is 4.79 Å². The van der Waals surface area contributed by atoms with E-state index in [9.17, 15) is 9.18 Å². The molecule has 0 unspecified atom stereocenters. The fraction of sp³-hybridized carbons (Fsp3) is 0.150. The molecular weight excluding hydrogens is 321 g/mol. The van der Waals surface area contributed by atoms with Crippen molar-refractivity contribution in [1.82, 2.24) is 4.57 Å². The highest BCUT2D eigenvalue weighted by molar-refractivity contribution is 5.68. The summed E-state index contributed by atoms with van der Waals surface area (Å²) >= 11 is 0. The summed E-state index contributed by atoms with van der Waals surface area (Å²) in [5, 5.41) is 8.99. The highest BCUT2D eigenvalue weighted by Crippen LogP contribution is 2.28. The number of hydrogen-bond acceptors (Lipinski definition) is 2. The fourth-order valence-corrected chi connectivity index (χ4v) is 2.79. The first-order valence-electron chi connectivity index (χ1n) is 7.91. The van der Waals surface area contributed by atoms with Crippen molar-refractivity contribution in [2.24, 2.45) is 0 Å². The molecule has 1 N–H and O–H groups in total. The summed E-state index contributed by atoms with van der Waals surface area (Å²) in [6, 6.07) is 17.6. The van der Waals surface area contributed by atoms with Gasteiger partial charge in [0.1, 0.15) is 11.6 Å². The third-order valence-electron chi connectivity index (χ3n) is 4.03. The molecule has 0 spiro atoms. The van der Waals surface area contributed by atoms with Crippen LogP contribution in [-0.4, -0.2) is 22.8 Å².